The highest BCUT2D eigenvalue weighted by atomic mass is 35.5. The van der Waals surface area contributed by atoms with Crippen molar-refractivity contribution in [3.63, 3.8) is 0 Å². The normalized spacial score (nSPS) is 15.7. The average Bonchev–Trinajstić information content (AvgIpc) is 3.32. The molecule has 1 unspecified atom stereocenters. The summed E-state index contributed by atoms with van der Waals surface area (Å²) >= 11 is 12.5. The predicted molar refractivity (Wildman–Crippen MR) is 143 cm³/mol. The molecular formula is C27H21Cl2N3O2S. The quantitative estimate of drug-likeness (QED) is 0.293. The molecule has 0 aliphatic carbocycles. The number of hydrogen-bond acceptors (Lipinski definition) is 4. The molecule has 5 nitrogen and oxygen atoms in total. The zero-order valence-electron chi connectivity index (χ0n) is 18.5. The van der Waals surface area contributed by atoms with Crippen molar-refractivity contribution >= 4 is 50.3 Å². The molecular weight excluding hydrogens is 501 g/mol. The van der Waals surface area contributed by atoms with Crippen molar-refractivity contribution in [3.05, 3.63) is 124 Å². The molecule has 1 aliphatic heterocycles. The molecule has 1 atom stereocenters. The SMILES string of the molecule is O=S(=O)(Nc1ccccc1)c1cccc(C2=NN(c3ccccc3)C(c3ccc(Cl)c(Cl)c3)C2)c1. The van der Waals surface area contributed by atoms with E-state index in [1.165, 1.54) is 0 Å². The van der Waals surface area contributed by atoms with Gasteiger partial charge in [0.1, 0.15) is 0 Å². The van der Waals surface area contributed by atoms with Gasteiger partial charge in [0.05, 0.1) is 32.4 Å². The van der Waals surface area contributed by atoms with E-state index < -0.39 is 10.0 Å². The van der Waals surface area contributed by atoms with Crippen LogP contribution in [0.15, 0.2) is 113 Å². The fourth-order valence-electron chi connectivity index (χ4n) is 4.05. The Hall–Kier alpha value is -3.32. The Kier molecular flexibility index (Phi) is 6.52. The van der Waals surface area contributed by atoms with Crippen LogP contribution < -0.4 is 9.73 Å². The molecule has 1 aliphatic rings. The largest absolute Gasteiger partial charge is 0.280 e. The van der Waals surface area contributed by atoms with E-state index in [4.69, 9.17) is 28.3 Å². The minimum Gasteiger partial charge on any atom is -0.280 e. The van der Waals surface area contributed by atoms with Gasteiger partial charge in [0.15, 0.2) is 0 Å². The molecule has 0 fully saturated rings. The van der Waals surface area contributed by atoms with Crippen LogP contribution >= 0.6 is 23.2 Å². The summed E-state index contributed by atoms with van der Waals surface area (Å²) in [6, 6.07) is 31.0. The topological polar surface area (TPSA) is 61.8 Å². The summed E-state index contributed by atoms with van der Waals surface area (Å²) in [7, 11) is -3.76. The number of para-hydroxylation sites is 2. The number of benzene rings is 4. The highest BCUT2D eigenvalue weighted by Gasteiger charge is 2.30. The van der Waals surface area contributed by atoms with Crippen molar-refractivity contribution in [2.45, 2.75) is 17.4 Å². The molecule has 5 rings (SSSR count). The molecule has 176 valence electrons. The summed E-state index contributed by atoms with van der Waals surface area (Å²) in [5, 5.41) is 7.81. The van der Waals surface area contributed by atoms with Crippen molar-refractivity contribution < 1.29 is 8.42 Å². The Morgan fingerprint density at radius 1 is 0.800 bits per heavy atom. The molecule has 0 bridgehead atoms. The summed E-state index contributed by atoms with van der Waals surface area (Å²) in [5.74, 6) is 0. The molecule has 1 N–H and O–H groups in total. The summed E-state index contributed by atoms with van der Waals surface area (Å²) < 4.78 is 28.7. The van der Waals surface area contributed by atoms with Crippen LogP contribution in [-0.2, 0) is 10.0 Å². The molecule has 35 heavy (non-hydrogen) atoms. The number of nitrogens with one attached hydrogen (secondary N) is 1. The van der Waals surface area contributed by atoms with Crippen molar-refractivity contribution in [2.24, 2.45) is 5.10 Å². The first-order valence-electron chi connectivity index (χ1n) is 11.0. The van der Waals surface area contributed by atoms with Crippen LogP contribution in [0.3, 0.4) is 0 Å². The first-order valence-corrected chi connectivity index (χ1v) is 13.2. The second-order valence-electron chi connectivity index (χ2n) is 8.12. The number of nitrogens with zero attached hydrogens (tertiary/aromatic N) is 2. The highest BCUT2D eigenvalue weighted by Crippen LogP contribution is 2.38. The molecule has 4 aromatic carbocycles. The van der Waals surface area contributed by atoms with Crippen LogP contribution in [0, 0.1) is 0 Å². The van der Waals surface area contributed by atoms with E-state index in [1.54, 1.807) is 48.5 Å². The highest BCUT2D eigenvalue weighted by molar-refractivity contribution is 7.92. The van der Waals surface area contributed by atoms with Gasteiger partial charge in [-0.3, -0.25) is 9.73 Å². The zero-order valence-corrected chi connectivity index (χ0v) is 20.8. The summed E-state index contributed by atoms with van der Waals surface area (Å²) in [5.41, 5.74) is 3.92. The van der Waals surface area contributed by atoms with Crippen molar-refractivity contribution in [1.29, 1.82) is 0 Å². The lowest BCUT2D eigenvalue weighted by atomic mass is 9.98. The van der Waals surface area contributed by atoms with Crippen LogP contribution in [0.2, 0.25) is 10.0 Å². The van der Waals surface area contributed by atoms with Crippen LogP contribution in [0.25, 0.3) is 0 Å². The van der Waals surface area contributed by atoms with E-state index in [2.05, 4.69) is 4.72 Å². The van der Waals surface area contributed by atoms with Crippen LogP contribution in [0.5, 0.6) is 0 Å². The number of anilines is 2. The lowest BCUT2D eigenvalue weighted by Gasteiger charge is -2.24. The summed E-state index contributed by atoms with van der Waals surface area (Å²) in [6.45, 7) is 0. The van der Waals surface area contributed by atoms with Gasteiger partial charge < -0.3 is 0 Å². The monoisotopic (exact) mass is 521 g/mol. The van der Waals surface area contributed by atoms with Gasteiger partial charge in [-0.2, -0.15) is 5.10 Å². The first-order chi connectivity index (χ1) is 16.9. The lowest BCUT2D eigenvalue weighted by molar-refractivity contribution is 0.601. The van der Waals surface area contributed by atoms with Gasteiger partial charge >= 0.3 is 0 Å². The Bertz CT molecular complexity index is 1490. The minimum absolute atomic E-state index is 0.120. The number of sulfonamides is 1. The second kappa shape index (κ2) is 9.74. The summed E-state index contributed by atoms with van der Waals surface area (Å²) in [6.07, 6.45) is 0.572. The molecule has 0 saturated carbocycles. The van der Waals surface area contributed by atoms with E-state index in [1.807, 2.05) is 59.6 Å². The van der Waals surface area contributed by atoms with Gasteiger partial charge in [0.2, 0.25) is 0 Å². The van der Waals surface area contributed by atoms with Crippen molar-refractivity contribution in [1.82, 2.24) is 0 Å². The number of hydrogen-bond donors (Lipinski definition) is 1. The molecule has 4 aromatic rings. The van der Waals surface area contributed by atoms with Crippen molar-refractivity contribution in [3.8, 4) is 0 Å². The number of rotatable bonds is 6. The molecule has 0 spiro atoms. The van der Waals surface area contributed by atoms with Gasteiger partial charge in [-0.1, -0.05) is 77.8 Å². The van der Waals surface area contributed by atoms with Crippen LogP contribution in [0.1, 0.15) is 23.6 Å². The molecule has 0 aromatic heterocycles. The van der Waals surface area contributed by atoms with Crippen LogP contribution in [0.4, 0.5) is 11.4 Å². The first kappa shape index (κ1) is 23.4. The Balaban J connectivity index is 1.50. The van der Waals surface area contributed by atoms with Crippen LogP contribution in [-0.4, -0.2) is 14.1 Å². The number of hydrazone groups is 1. The van der Waals surface area contributed by atoms with Gasteiger partial charge in [0.25, 0.3) is 10.0 Å². The van der Waals surface area contributed by atoms with Gasteiger partial charge in [-0.05, 0) is 59.7 Å². The molecule has 1 heterocycles. The second-order valence-corrected chi connectivity index (χ2v) is 10.6. The fraction of sp³-hybridized carbons (Fsp3) is 0.0741. The maximum Gasteiger partial charge on any atom is 0.261 e. The van der Waals surface area contributed by atoms with E-state index in [0.717, 1.165) is 22.5 Å². The van der Waals surface area contributed by atoms with Gasteiger partial charge in [-0.25, -0.2) is 8.42 Å². The Morgan fingerprint density at radius 3 is 2.23 bits per heavy atom. The van der Waals surface area contributed by atoms with Gasteiger partial charge in [0, 0.05) is 12.1 Å². The lowest BCUT2D eigenvalue weighted by Crippen LogP contribution is -2.18. The average molecular weight is 522 g/mol. The van der Waals surface area contributed by atoms with Gasteiger partial charge in [-0.15, -0.1) is 0 Å². The third kappa shape index (κ3) is 5.05. The maximum absolute atomic E-state index is 13.0. The van der Waals surface area contributed by atoms with E-state index in [0.29, 0.717) is 22.2 Å². The third-order valence-electron chi connectivity index (χ3n) is 5.76. The van der Waals surface area contributed by atoms with Crippen molar-refractivity contribution in [2.75, 3.05) is 9.73 Å². The Morgan fingerprint density at radius 2 is 1.51 bits per heavy atom. The zero-order chi connectivity index (χ0) is 24.4. The predicted octanol–water partition coefficient (Wildman–Crippen LogP) is 7.15. The summed E-state index contributed by atoms with van der Waals surface area (Å²) in [4.78, 5) is 0.172. The Labute approximate surface area is 214 Å². The molecule has 0 amide bonds. The van der Waals surface area contributed by atoms with E-state index in [9.17, 15) is 8.42 Å². The fourth-order valence-corrected chi connectivity index (χ4v) is 5.46. The molecule has 0 saturated heterocycles. The minimum atomic E-state index is -3.76. The molecule has 0 radical (unpaired) electrons. The molecule has 8 heteroatoms. The smallest absolute Gasteiger partial charge is 0.261 e. The number of halogens is 2. The standard InChI is InChI=1S/C27H21Cl2N3O2S/c28-24-15-14-20(17-25(24)29)27-18-26(30-32(27)22-11-5-2-6-12-22)19-8-7-13-23(16-19)35(33,34)31-21-9-3-1-4-10-21/h1-17,27,31H,18H2. The third-order valence-corrected chi connectivity index (χ3v) is 7.88. The maximum atomic E-state index is 13.0. The van der Waals surface area contributed by atoms with E-state index in [-0.39, 0.29) is 10.9 Å². The van der Waals surface area contributed by atoms with E-state index >= 15 is 0 Å².